The summed E-state index contributed by atoms with van der Waals surface area (Å²) in [5.74, 6) is 0.511. The molecule has 100 valence electrons. The second-order valence-electron chi connectivity index (χ2n) is 4.04. The van der Waals surface area contributed by atoms with Crippen LogP contribution >= 0.6 is 27.5 Å². The van der Waals surface area contributed by atoms with E-state index in [2.05, 4.69) is 21.0 Å². The number of benzene rings is 1. The van der Waals surface area contributed by atoms with Gasteiger partial charge < -0.3 is 4.74 Å². The molecule has 0 spiro atoms. The van der Waals surface area contributed by atoms with Gasteiger partial charge in [0.1, 0.15) is 17.5 Å². The molecule has 0 saturated carbocycles. The fourth-order valence-electron chi connectivity index (χ4n) is 1.75. The highest BCUT2D eigenvalue weighted by Crippen LogP contribution is 2.30. The van der Waals surface area contributed by atoms with Gasteiger partial charge in [-0.15, -0.1) is 0 Å². The van der Waals surface area contributed by atoms with Crippen molar-refractivity contribution in [3.63, 3.8) is 0 Å². The summed E-state index contributed by atoms with van der Waals surface area (Å²) < 4.78 is 8.03. The first-order valence-corrected chi connectivity index (χ1v) is 6.76. The molecule has 2 aromatic rings. The first-order chi connectivity index (χ1) is 9.04. The van der Waals surface area contributed by atoms with Crippen molar-refractivity contribution >= 4 is 33.8 Å². The molecule has 19 heavy (non-hydrogen) atoms. The average Bonchev–Trinajstić information content (AvgIpc) is 2.62. The lowest BCUT2D eigenvalue weighted by atomic mass is 10.2. The normalized spacial score (nSPS) is 10.5. The van der Waals surface area contributed by atoms with Crippen LogP contribution in [0.15, 0.2) is 22.7 Å². The molecule has 0 atom stereocenters. The van der Waals surface area contributed by atoms with E-state index < -0.39 is 0 Å². The zero-order valence-corrected chi connectivity index (χ0v) is 12.8. The SMILES string of the molecule is Cc1nn(C)c(Cl)c1COc1c(Br)cccc1C=O. The van der Waals surface area contributed by atoms with E-state index in [9.17, 15) is 4.79 Å². The molecule has 0 aliphatic heterocycles. The topological polar surface area (TPSA) is 44.1 Å². The van der Waals surface area contributed by atoms with E-state index in [0.717, 1.165) is 22.0 Å². The van der Waals surface area contributed by atoms with Crippen LogP contribution in [0.5, 0.6) is 5.75 Å². The smallest absolute Gasteiger partial charge is 0.153 e. The molecule has 2 rings (SSSR count). The third kappa shape index (κ3) is 2.82. The molecule has 0 unspecified atom stereocenters. The number of halogens is 2. The van der Waals surface area contributed by atoms with Crippen molar-refractivity contribution in [2.24, 2.45) is 7.05 Å². The van der Waals surface area contributed by atoms with Gasteiger partial charge in [-0.1, -0.05) is 17.7 Å². The number of aldehydes is 1. The lowest BCUT2D eigenvalue weighted by Crippen LogP contribution is -2.00. The summed E-state index contributed by atoms with van der Waals surface area (Å²) in [6.07, 6.45) is 0.762. The van der Waals surface area contributed by atoms with Crippen LogP contribution in [0.1, 0.15) is 21.6 Å². The van der Waals surface area contributed by atoms with E-state index in [1.165, 1.54) is 0 Å². The van der Waals surface area contributed by atoms with E-state index in [1.54, 1.807) is 23.9 Å². The quantitative estimate of drug-likeness (QED) is 0.798. The molecule has 0 fully saturated rings. The lowest BCUT2D eigenvalue weighted by molar-refractivity contribution is 0.111. The summed E-state index contributed by atoms with van der Waals surface area (Å²) in [6, 6.07) is 5.30. The Morgan fingerprint density at radius 3 is 2.84 bits per heavy atom. The summed E-state index contributed by atoms with van der Waals surface area (Å²) in [4.78, 5) is 11.0. The number of hydrogen-bond acceptors (Lipinski definition) is 3. The molecular weight excluding hydrogens is 332 g/mol. The van der Waals surface area contributed by atoms with Gasteiger partial charge in [-0.05, 0) is 35.0 Å². The van der Waals surface area contributed by atoms with Crippen molar-refractivity contribution in [2.45, 2.75) is 13.5 Å². The van der Waals surface area contributed by atoms with Crippen LogP contribution in [0.25, 0.3) is 0 Å². The van der Waals surface area contributed by atoms with Crippen LogP contribution in [-0.4, -0.2) is 16.1 Å². The zero-order valence-electron chi connectivity index (χ0n) is 10.5. The molecule has 1 heterocycles. The van der Waals surface area contributed by atoms with E-state index >= 15 is 0 Å². The Bertz CT molecular complexity index is 625. The van der Waals surface area contributed by atoms with Gasteiger partial charge in [0.25, 0.3) is 0 Å². The third-order valence-electron chi connectivity index (χ3n) is 2.76. The standard InChI is InChI=1S/C13H12BrClN2O2/c1-8-10(13(15)17(2)16-8)7-19-12-9(6-18)4-3-5-11(12)14/h3-6H,7H2,1-2H3. The van der Waals surface area contributed by atoms with Crippen molar-refractivity contribution in [2.75, 3.05) is 0 Å². The number of nitrogens with zero attached hydrogens (tertiary/aromatic N) is 2. The molecule has 0 aliphatic carbocycles. The number of ether oxygens (including phenoxy) is 1. The third-order valence-corrected chi connectivity index (χ3v) is 3.85. The molecular formula is C13H12BrClN2O2. The van der Waals surface area contributed by atoms with Gasteiger partial charge in [-0.3, -0.25) is 9.48 Å². The molecule has 0 aliphatic rings. The van der Waals surface area contributed by atoms with Gasteiger partial charge in [-0.25, -0.2) is 0 Å². The fourth-order valence-corrected chi connectivity index (χ4v) is 2.48. The Labute approximate surface area is 124 Å². The molecule has 4 nitrogen and oxygen atoms in total. The monoisotopic (exact) mass is 342 g/mol. The van der Waals surface area contributed by atoms with E-state index in [-0.39, 0.29) is 6.61 Å². The second-order valence-corrected chi connectivity index (χ2v) is 5.26. The van der Waals surface area contributed by atoms with Crippen molar-refractivity contribution in [1.29, 1.82) is 0 Å². The van der Waals surface area contributed by atoms with Crippen LogP contribution in [0.4, 0.5) is 0 Å². The minimum absolute atomic E-state index is 0.266. The fraction of sp³-hybridized carbons (Fsp3) is 0.231. The van der Waals surface area contributed by atoms with Gasteiger partial charge in [0.2, 0.25) is 0 Å². The highest BCUT2D eigenvalue weighted by atomic mass is 79.9. The van der Waals surface area contributed by atoms with E-state index in [1.807, 2.05) is 13.0 Å². The molecule has 0 bridgehead atoms. The minimum atomic E-state index is 0.266. The predicted molar refractivity (Wildman–Crippen MR) is 76.8 cm³/mol. The first kappa shape index (κ1) is 14.1. The Kier molecular flexibility index (Phi) is 4.27. The molecule has 1 aromatic heterocycles. The maximum Gasteiger partial charge on any atom is 0.153 e. The predicted octanol–water partition coefficient (Wildman–Crippen LogP) is 3.54. The summed E-state index contributed by atoms with van der Waals surface area (Å²) in [6.45, 7) is 2.13. The summed E-state index contributed by atoms with van der Waals surface area (Å²) in [7, 11) is 1.77. The number of aromatic nitrogens is 2. The first-order valence-electron chi connectivity index (χ1n) is 5.59. The van der Waals surface area contributed by atoms with Crippen LogP contribution < -0.4 is 4.74 Å². The number of para-hydroxylation sites is 1. The van der Waals surface area contributed by atoms with E-state index in [4.69, 9.17) is 16.3 Å². The maximum absolute atomic E-state index is 11.0. The molecule has 1 aromatic carbocycles. The molecule has 0 radical (unpaired) electrons. The Morgan fingerprint density at radius 1 is 1.53 bits per heavy atom. The summed E-state index contributed by atoms with van der Waals surface area (Å²) in [5, 5.41) is 4.75. The van der Waals surface area contributed by atoms with Crippen molar-refractivity contribution < 1.29 is 9.53 Å². The average molecular weight is 344 g/mol. The van der Waals surface area contributed by atoms with Crippen LogP contribution in [0, 0.1) is 6.92 Å². The summed E-state index contributed by atoms with van der Waals surface area (Å²) in [5.41, 5.74) is 2.12. The maximum atomic E-state index is 11.0. The Hall–Kier alpha value is -1.33. The van der Waals surface area contributed by atoms with Crippen LogP contribution in [0.3, 0.4) is 0 Å². The number of rotatable bonds is 4. The van der Waals surface area contributed by atoms with Crippen molar-refractivity contribution in [1.82, 2.24) is 9.78 Å². The molecule has 0 amide bonds. The van der Waals surface area contributed by atoms with Gasteiger partial charge in [0.15, 0.2) is 6.29 Å². The van der Waals surface area contributed by atoms with Gasteiger partial charge in [0, 0.05) is 12.6 Å². The minimum Gasteiger partial charge on any atom is -0.487 e. The van der Waals surface area contributed by atoms with Crippen molar-refractivity contribution in [3.05, 3.63) is 44.6 Å². The van der Waals surface area contributed by atoms with E-state index in [0.29, 0.717) is 16.5 Å². The highest BCUT2D eigenvalue weighted by molar-refractivity contribution is 9.10. The van der Waals surface area contributed by atoms with Gasteiger partial charge in [0.05, 0.1) is 15.7 Å². The number of carbonyl (C=O) groups excluding carboxylic acids is 1. The lowest BCUT2D eigenvalue weighted by Gasteiger charge is -2.10. The summed E-state index contributed by atoms with van der Waals surface area (Å²) >= 11 is 9.50. The van der Waals surface area contributed by atoms with Crippen molar-refractivity contribution in [3.8, 4) is 5.75 Å². The molecule has 0 N–H and O–H groups in total. The number of hydrogen-bond donors (Lipinski definition) is 0. The Morgan fingerprint density at radius 2 is 2.26 bits per heavy atom. The Balaban J connectivity index is 2.26. The van der Waals surface area contributed by atoms with Gasteiger partial charge in [-0.2, -0.15) is 5.10 Å². The van der Waals surface area contributed by atoms with Crippen LogP contribution in [0.2, 0.25) is 5.15 Å². The van der Waals surface area contributed by atoms with Gasteiger partial charge >= 0.3 is 0 Å². The number of aryl methyl sites for hydroxylation is 2. The second kappa shape index (κ2) is 5.75. The highest BCUT2D eigenvalue weighted by Gasteiger charge is 2.14. The largest absolute Gasteiger partial charge is 0.487 e. The molecule has 6 heteroatoms. The zero-order chi connectivity index (χ0) is 14.0. The van der Waals surface area contributed by atoms with Crippen LogP contribution in [-0.2, 0) is 13.7 Å². The molecule has 0 saturated heterocycles. The number of carbonyl (C=O) groups is 1.